The van der Waals surface area contributed by atoms with E-state index in [-0.39, 0.29) is 5.78 Å². The number of hydrogen-bond acceptors (Lipinski definition) is 1. The molecule has 0 saturated carbocycles. The minimum Gasteiger partial charge on any atom is -0.361 e. The lowest BCUT2D eigenvalue weighted by molar-refractivity contribution is -0.137. The zero-order valence-corrected chi connectivity index (χ0v) is 11.7. The van der Waals surface area contributed by atoms with E-state index in [2.05, 4.69) is 4.98 Å². The van der Waals surface area contributed by atoms with E-state index in [1.54, 1.807) is 24.4 Å². The molecule has 0 bridgehead atoms. The smallest absolute Gasteiger partial charge is 0.361 e. The fourth-order valence-electron chi connectivity index (χ4n) is 2.42. The van der Waals surface area contributed by atoms with Crippen LogP contribution in [0.4, 0.5) is 13.2 Å². The van der Waals surface area contributed by atoms with Gasteiger partial charge in [-0.05, 0) is 42.8 Å². The first-order chi connectivity index (χ1) is 10.4. The summed E-state index contributed by atoms with van der Waals surface area (Å²) >= 11 is 0. The Morgan fingerprint density at radius 2 is 1.73 bits per heavy atom. The molecular weight excluding hydrogens is 291 g/mol. The molecule has 0 atom stereocenters. The van der Waals surface area contributed by atoms with Gasteiger partial charge in [-0.2, -0.15) is 13.2 Å². The van der Waals surface area contributed by atoms with Gasteiger partial charge in [0.25, 0.3) is 0 Å². The molecule has 0 spiro atoms. The largest absolute Gasteiger partial charge is 0.416 e. The van der Waals surface area contributed by atoms with Gasteiger partial charge in [0.05, 0.1) is 5.56 Å². The lowest BCUT2D eigenvalue weighted by Crippen LogP contribution is -2.03. The first kappa shape index (κ1) is 14.4. The fraction of sp³-hybridized carbons (Fsp3) is 0.118. The third-order valence-corrected chi connectivity index (χ3v) is 3.61. The number of aromatic nitrogens is 1. The van der Waals surface area contributed by atoms with E-state index < -0.39 is 11.7 Å². The van der Waals surface area contributed by atoms with Crippen LogP contribution in [0, 0.1) is 0 Å². The van der Waals surface area contributed by atoms with Crippen molar-refractivity contribution in [2.24, 2.45) is 0 Å². The van der Waals surface area contributed by atoms with Gasteiger partial charge >= 0.3 is 6.18 Å². The molecule has 2 aromatic carbocycles. The number of carbonyl (C=O) groups excluding carboxylic acids is 1. The summed E-state index contributed by atoms with van der Waals surface area (Å²) < 4.78 is 37.8. The summed E-state index contributed by atoms with van der Waals surface area (Å²) in [5.74, 6) is -0.0542. The molecule has 1 N–H and O–H groups in total. The number of fused-ring (bicyclic) bond motifs is 1. The molecule has 112 valence electrons. The van der Waals surface area contributed by atoms with Gasteiger partial charge in [0.15, 0.2) is 5.78 Å². The topological polar surface area (TPSA) is 32.9 Å². The van der Waals surface area contributed by atoms with Crippen LogP contribution in [0.25, 0.3) is 22.0 Å². The van der Waals surface area contributed by atoms with Gasteiger partial charge in [-0.3, -0.25) is 4.79 Å². The fourth-order valence-corrected chi connectivity index (χ4v) is 2.42. The number of carbonyl (C=O) groups is 1. The maximum Gasteiger partial charge on any atom is 0.416 e. The van der Waals surface area contributed by atoms with E-state index in [4.69, 9.17) is 0 Å². The van der Waals surface area contributed by atoms with Crippen LogP contribution in [0.15, 0.2) is 48.7 Å². The van der Waals surface area contributed by atoms with Crippen LogP contribution < -0.4 is 0 Å². The molecule has 3 rings (SSSR count). The molecule has 0 aliphatic carbocycles. The number of Topliss-reactive ketones (excluding diaryl/α,β-unsaturated/α-hetero) is 1. The second-order valence-corrected chi connectivity index (χ2v) is 5.09. The quantitative estimate of drug-likeness (QED) is 0.660. The van der Waals surface area contributed by atoms with Crippen LogP contribution >= 0.6 is 0 Å². The summed E-state index contributed by atoms with van der Waals surface area (Å²) in [6.07, 6.45) is -2.61. The van der Waals surface area contributed by atoms with E-state index >= 15 is 0 Å². The zero-order chi connectivity index (χ0) is 15.9. The summed E-state index contributed by atoms with van der Waals surface area (Å²) in [5, 5.41) is 0.812. The third kappa shape index (κ3) is 2.50. The number of benzene rings is 2. The molecule has 2 nitrogen and oxygen atoms in total. The highest BCUT2D eigenvalue weighted by Crippen LogP contribution is 2.33. The molecule has 0 unspecified atom stereocenters. The predicted octanol–water partition coefficient (Wildman–Crippen LogP) is 5.06. The third-order valence-electron chi connectivity index (χ3n) is 3.61. The number of alkyl halides is 3. The van der Waals surface area contributed by atoms with Crippen LogP contribution in [0.2, 0.25) is 0 Å². The maximum absolute atomic E-state index is 12.6. The first-order valence-corrected chi connectivity index (χ1v) is 6.66. The highest BCUT2D eigenvalue weighted by atomic mass is 19.4. The number of halogens is 3. The lowest BCUT2D eigenvalue weighted by atomic mass is 10.0. The molecule has 0 fully saturated rings. The number of nitrogens with one attached hydrogen (secondary N) is 1. The van der Waals surface area contributed by atoms with Crippen molar-refractivity contribution < 1.29 is 18.0 Å². The average molecular weight is 303 g/mol. The SMILES string of the molecule is CC(=O)c1ccc2[nH]cc(-c3ccc(C(F)(F)F)cc3)c2c1. The van der Waals surface area contributed by atoms with E-state index in [0.717, 1.165) is 28.6 Å². The number of hydrogen-bond donors (Lipinski definition) is 1. The molecule has 0 aliphatic heterocycles. The predicted molar refractivity (Wildman–Crippen MR) is 78.7 cm³/mol. The van der Waals surface area contributed by atoms with Crippen LogP contribution in [0.3, 0.4) is 0 Å². The summed E-state index contributed by atoms with van der Waals surface area (Å²) in [4.78, 5) is 14.5. The number of H-pyrrole nitrogens is 1. The number of rotatable bonds is 2. The van der Waals surface area contributed by atoms with Gasteiger partial charge in [-0.15, -0.1) is 0 Å². The molecule has 0 aliphatic rings. The van der Waals surface area contributed by atoms with Crippen LogP contribution in [0.1, 0.15) is 22.8 Å². The van der Waals surface area contributed by atoms with E-state index in [1.807, 2.05) is 0 Å². The summed E-state index contributed by atoms with van der Waals surface area (Å²) in [5.41, 5.74) is 2.16. The molecular formula is C17H12F3NO. The van der Waals surface area contributed by atoms with Crippen molar-refractivity contribution in [2.45, 2.75) is 13.1 Å². The highest BCUT2D eigenvalue weighted by molar-refractivity contribution is 6.02. The van der Waals surface area contributed by atoms with Crippen LogP contribution in [0.5, 0.6) is 0 Å². The normalized spacial score (nSPS) is 11.8. The number of ketones is 1. The van der Waals surface area contributed by atoms with Crippen molar-refractivity contribution in [2.75, 3.05) is 0 Å². The average Bonchev–Trinajstić information content (AvgIpc) is 2.89. The Kier molecular flexibility index (Phi) is 3.28. The van der Waals surface area contributed by atoms with Crippen molar-refractivity contribution in [1.29, 1.82) is 0 Å². The first-order valence-electron chi connectivity index (χ1n) is 6.66. The van der Waals surface area contributed by atoms with E-state index in [1.165, 1.54) is 19.1 Å². The Morgan fingerprint density at radius 3 is 2.32 bits per heavy atom. The standard InChI is InChI=1S/C17H12F3NO/c1-10(22)12-4-7-16-14(8-12)15(9-21-16)11-2-5-13(6-3-11)17(18,19)20/h2-9,21H,1H3. The van der Waals surface area contributed by atoms with E-state index in [0.29, 0.717) is 11.1 Å². The molecule has 5 heteroatoms. The van der Waals surface area contributed by atoms with Crippen molar-refractivity contribution in [1.82, 2.24) is 4.98 Å². The molecule has 0 saturated heterocycles. The Balaban J connectivity index is 2.10. The van der Waals surface area contributed by atoms with Gasteiger partial charge in [-0.25, -0.2) is 0 Å². The molecule has 0 amide bonds. The van der Waals surface area contributed by atoms with E-state index in [9.17, 15) is 18.0 Å². The minimum absolute atomic E-state index is 0.0542. The minimum atomic E-state index is -4.35. The molecule has 1 heterocycles. The second-order valence-electron chi connectivity index (χ2n) is 5.09. The van der Waals surface area contributed by atoms with Gasteiger partial charge in [0.1, 0.15) is 0 Å². The Hall–Kier alpha value is -2.56. The maximum atomic E-state index is 12.6. The lowest BCUT2D eigenvalue weighted by Gasteiger charge is -2.07. The second kappa shape index (κ2) is 5.02. The van der Waals surface area contributed by atoms with Crippen molar-refractivity contribution in [3.8, 4) is 11.1 Å². The summed E-state index contributed by atoms with van der Waals surface area (Å²) in [7, 11) is 0. The molecule has 0 radical (unpaired) electrons. The van der Waals surface area contributed by atoms with Gasteiger partial charge in [0, 0.05) is 28.2 Å². The van der Waals surface area contributed by atoms with Crippen molar-refractivity contribution >= 4 is 16.7 Å². The summed E-state index contributed by atoms with van der Waals surface area (Å²) in [6.45, 7) is 1.48. The van der Waals surface area contributed by atoms with Gasteiger partial charge in [-0.1, -0.05) is 12.1 Å². The van der Waals surface area contributed by atoms with Crippen molar-refractivity contribution in [3.63, 3.8) is 0 Å². The van der Waals surface area contributed by atoms with Crippen LogP contribution in [-0.2, 0) is 6.18 Å². The van der Waals surface area contributed by atoms with Gasteiger partial charge in [0.2, 0.25) is 0 Å². The molecule has 1 aromatic heterocycles. The van der Waals surface area contributed by atoms with Crippen LogP contribution in [-0.4, -0.2) is 10.8 Å². The monoisotopic (exact) mass is 303 g/mol. The Morgan fingerprint density at radius 1 is 1.05 bits per heavy atom. The highest BCUT2D eigenvalue weighted by Gasteiger charge is 2.30. The van der Waals surface area contributed by atoms with Gasteiger partial charge < -0.3 is 4.98 Å². The number of aromatic amines is 1. The Labute approximate surface area is 124 Å². The molecule has 22 heavy (non-hydrogen) atoms. The van der Waals surface area contributed by atoms with Crippen molar-refractivity contribution in [3.05, 3.63) is 59.8 Å². The molecule has 3 aromatic rings. The zero-order valence-electron chi connectivity index (χ0n) is 11.7. The Bertz CT molecular complexity index is 844. The summed E-state index contributed by atoms with van der Waals surface area (Å²) in [6, 6.07) is 10.3.